The molecule has 22 heavy (non-hydrogen) atoms. The normalized spacial score (nSPS) is 23.6. The maximum absolute atomic E-state index is 13.0. The molecule has 0 radical (unpaired) electrons. The third kappa shape index (κ3) is 3.35. The predicted molar refractivity (Wildman–Crippen MR) is 88.3 cm³/mol. The zero-order chi connectivity index (χ0) is 15.4. The van der Waals surface area contributed by atoms with Crippen LogP contribution >= 0.6 is 0 Å². The molecular formula is C19H27NO2. The van der Waals surface area contributed by atoms with Crippen LogP contribution in [0.5, 0.6) is 0 Å². The molecule has 3 aliphatic rings. The molecule has 2 aliphatic heterocycles. The Kier molecular flexibility index (Phi) is 5.14. The number of ketones is 1. The zero-order valence-corrected chi connectivity index (χ0v) is 13.6. The second-order valence-corrected chi connectivity index (χ2v) is 6.66. The number of rotatable bonds is 5. The van der Waals surface area contributed by atoms with E-state index >= 15 is 0 Å². The lowest BCUT2D eigenvalue weighted by Gasteiger charge is -2.25. The van der Waals surface area contributed by atoms with E-state index in [1.54, 1.807) is 12.5 Å². The average Bonchev–Trinajstić information content (AvgIpc) is 2.81. The van der Waals surface area contributed by atoms with Crippen LogP contribution in [0.2, 0.25) is 0 Å². The molecular weight excluding hydrogens is 274 g/mol. The summed E-state index contributed by atoms with van der Waals surface area (Å²) in [6.45, 7) is 5.41. The number of Topliss-reactive ketones (excluding diaryl/α,β-unsaturated/α-hetero) is 1. The number of likely N-dealkylation sites (tertiary alicyclic amines) is 1. The van der Waals surface area contributed by atoms with Crippen molar-refractivity contribution in [2.75, 3.05) is 19.6 Å². The highest BCUT2D eigenvalue weighted by atomic mass is 16.5. The summed E-state index contributed by atoms with van der Waals surface area (Å²) in [6.07, 6.45) is 13.5. The third-order valence-corrected chi connectivity index (χ3v) is 5.18. The van der Waals surface area contributed by atoms with Crippen LogP contribution < -0.4 is 0 Å². The Hall–Kier alpha value is -1.35. The Morgan fingerprint density at radius 1 is 1.23 bits per heavy atom. The van der Waals surface area contributed by atoms with Crippen molar-refractivity contribution in [3.8, 4) is 0 Å². The maximum Gasteiger partial charge on any atom is 0.163 e. The van der Waals surface area contributed by atoms with E-state index in [1.807, 2.05) is 6.08 Å². The second-order valence-electron chi connectivity index (χ2n) is 6.66. The first-order valence-electron chi connectivity index (χ1n) is 8.80. The molecule has 3 rings (SSSR count). The van der Waals surface area contributed by atoms with Crippen LogP contribution in [0, 0.1) is 5.92 Å². The van der Waals surface area contributed by atoms with Gasteiger partial charge in [-0.25, -0.2) is 0 Å². The molecule has 2 heterocycles. The predicted octanol–water partition coefficient (Wildman–Crippen LogP) is 3.98. The molecule has 0 aromatic heterocycles. The molecule has 0 N–H and O–H groups in total. The molecule has 3 nitrogen and oxygen atoms in total. The van der Waals surface area contributed by atoms with Crippen LogP contribution in [0.25, 0.3) is 0 Å². The van der Waals surface area contributed by atoms with Gasteiger partial charge in [0.2, 0.25) is 0 Å². The largest absolute Gasteiger partial charge is 0.472 e. The van der Waals surface area contributed by atoms with Crippen molar-refractivity contribution in [1.29, 1.82) is 0 Å². The fraction of sp³-hybridized carbons (Fsp3) is 0.632. The fourth-order valence-electron chi connectivity index (χ4n) is 3.81. The summed E-state index contributed by atoms with van der Waals surface area (Å²) in [5, 5.41) is 0. The molecule has 0 amide bonds. The zero-order valence-electron chi connectivity index (χ0n) is 13.6. The molecule has 1 saturated heterocycles. The van der Waals surface area contributed by atoms with Crippen molar-refractivity contribution in [3.63, 3.8) is 0 Å². The number of carbonyl (C=O) groups excluding carboxylic acids is 1. The van der Waals surface area contributed by atoms with Crippen molar-refractivity contribution < 1.29 is 9.53 Å². The topological polar surface area (TPSA) is 29.5 Å². The molecule has 120 valence electrons. The van der Waals surface area contributed by atoms with E-state index < -0.39 is 0 Å². The first-order valence-corrected chi connectivity index (χ1v) is 8.80. The molecule has 1 fully saturated rings. The summed E-state index contributed by atoms with van der Waals surface area (Å²) in [5.41, 5.74) is 3.36. The van der Waals surface area contributed by atoms with Gasteiger partial charge >= 0.3 is 0 Å². The lowest BCUT2D eigenvalue weighted by atomic mass is 9.92. The number of ether oxygens (including phenoxy) is 1. The van der Waals surface area contributed by atoms with E-state index in [0.29, 0.717) is 5.78 Å². The second kappa shape index (κ2) is 7.28. The van der Waals surface area contributed by atoms with Crippen LogP contribution in [0.3, 0.4) is 0 Å². The number of hydrogen-bond acceptors (Lipinski definition) is 3. The Morgan fingerprint density at radius 3 is 2.73 bits per heavy atom. The van der Waals surface area contributed by atoms with E-state index in [2.05, 4.69) is 11.8 Å². The van der Waals surface area contributed by atoms with Gasteiger partial charge in [0.1, 0.15) is 0 Å². The van der Waals surface area contributed by atoms with Gasteiger partial charge in [-0.3, -0.25) is 4.79 Å². The average molecular weight is 301 g/mol. The molecule has 1 atom stereocenters. The van der Waals surface area contributed by atoms with Gasteiger partial charge in [0.15, 0.2) is 5.78 Å². The molecule has 0 aromatic carbocycles. The monoisotopic (exact) mass is 301 g/mol. The van der Waals surface area contributed by atoms with Crippen LogP contribution in [0.4, 0.5) is 0 Å². The molecule has 1 unspecified atom stereocenters. The van der Waals surface area contributed by atoms with Gasteiger partial charge in [-0.1, -0.05) is 19.8 Å². The fourth-order valence-corrected chi connectivity index (χ4v) is 3.81. The number of hydrogen-bond donors (Lipinski definition) is 0. The maximum atomic E-state index is 13.0. The Balaban J connectivity index is 1.70. The van der Waals surface area contributed by atoms with Gasteiger partial charge in [-0.2, -0.15) is 0 Å². The lowest BCUT2D eigenvalue weighted by molar-refractivity contribution is -0.120. The summed E-state index contributed by atoms with van der Waals surface area (Å²) in [7, 11) is 0. The van der Waals surface area contributed by atoms with Gasteiger partial charge in [-0.15, -0.1) is 0 Å². The van der Waals surface area contributed by atoms with E-state index in [1.165, 1.54) is 31.3 Å². The summed E-state index contributed by atoms with van der Waals surface area (Å²) in [5.74, 6) is 0.521. The highest BCUT2D eigenvalue weighted by Gasteiger charge is 2.30. The van der Waals surface area contributed by atoms with Gasteiger partial charge in [0.05, 0.1) is 12.5 Å². The van der Waals surface area contributed by atoms with E-state index in [0.717, 1.165) is 50.0 Å². The minimum atomic E-state index is 0.149. The smallest absolute Gasteiger partial charge is 0.163 e. The number of fused-ring (bicyclic) bond motifs is 1. The van der Waals surface area contributed by atoms with Crippen molar-refractivity contribution in [2.24, 2.45) is 5.92 Å². The van der Waals surface area contributed by atoms with Gasteiger partial charge in [0.25, 0.3) is 0 Å². The molecule has 1 aliphatic carbocycles. The number of allylic oxidation sites excluding steroid dienone is 4. The highest BCUT2D eigenvalue weighted by molar-refractivity contribution is 6.00. The van der Waals surface area contributed by atoms with Crippen LogP contribution in [0.1, 0.15) is 51.9 Å². The summed E-state index contributed by atoms with van der Waals surface area (Å²) in [6, 6.07) is 0. The van der Waals surface area contributed by atoms with E-state index in [9.17, 15) is 4.79 Å². The van der Waals surface area contributed by atoms with Crippen LogP contribution in [-0.4, -0.2) is 30.3 Å². The minimum absolute atomic E-state index is 0.149. The van der Waals surface area contributed by atoms with Crippen molar-refractivity contribution in [2.45, 2.75) is 51.9 Å². The Morgan fingerprint density at radius 2 is 2.00 bits per heavy atom. The van der Waals surface area contributed by atoms with Crippen molar-refractivity contribution in [3.05, 3.63) is 35.3 Å². The van der Waals surface area contributed by atoms with Crippen LogP contribution in [0.15, 0.2) is 35.3 Å². The molecule has 0 bridgehead atoms. The molecule has 3 heteroatoms. The highest BCUT2D eigenvalue weighted by Crippen LogP contribution is 2.36. The summed E-state index contributed by atoms with van der Waals surface area (Å²) >= 11 is 0. The van der Waals surface area contributed by atoms with E-state index in [4.69, 9.17) is 4.74 Å². The molecule has 0 aromatic rings. The minimum Gasteiger partial charge on any atom is -0.472 e. The lowest BCUT2D eigenvalue weighted by Crippen LogP contribution is -2.34. The van der Waals surface area contributed by atoms with Gasteiger partial charge < -0.3 is 9.64 Å². The van der Waals surface area contributed by atoms with Crippen molar-refractivity contribution in [1.82, 2.24) is 4.90 Å². The standard InChI is InChI=1S/C19H27NO2/c1-2-15(13-20-10-5-3-4-6-11-20)19(21)18-8-7-16-14-22-12-9-17(16)18/h9,12,14-15H,2-8,10-11,13H2,1H3. The summed E-state index contributed by atoms with van der Waals surface area (Å²) in [4.78, 5) is 15.5. The van der Waals surface area contributed by atoms with E-state index in [-0.39, 0.29) is 5.92 Å². The first kappa shape index (κ1) is 15.5. The number of nitrogens with zero attached hydrogens (tertiary/aromatic N) is 1. The Bertz CT molecular complexity index is 508. The molecule has 0 saturated carbocycles. The quantitative estimate of drug-likeness (QED) is 0.769. The summed E-state index contributed by atoms with van der Waals surface area (Å²) < 4.78 is 5.24. The van der Waals surface area contributed by atoms with Gasteiger partial charge in [-0.05, 0) is 62.4 Å². The molecule has 0 spiro atoms. The van der Waals surface area contributed by atoms with Crippen molar-refractivity contribution >= 4 is 5.78 Å². The SMILES string of the molecule is CCC(CN1CCCCCC1)C(=O)C1=C2C=COC=C2CC1. The van der Waals surface area contributed by atoms with Crippen LogP contribution in [-0.2, 0) is 9.53 Å². The first-order chi connectivity index (χ1) is 10.8. The third-order valence-electron chi connectivity index (χ3n) is 5.18. The Labute approximate surface area is 133 Å². The number of carbonyl (C=O) groups is 1. The van der Waals surface area contributed by atoms with Gasteiger partial charge in [0, 0.05) is 18.0 Å².